The zero-order valence-corrected chi connectivity index (χ0v) is 11.5. The van der Waals surface area contributed by atoms with Crippen LogP contribution in [0.2, 0.25) is 0 Å². The van der Waals surface area contributed by atoms with Gasteiger partial charge in [-0.15, -0.1) is 0 Å². The molecule has 0 spiro atoms. The van der Waals surface area contributed by atoms with Crippen molar-refractivity contribution in [1.82, 2.24) is 5.32 Å². The number of nitrogens with one attached hydrogen (secondary N) is 1. The van der Waals surface area contributed by atoms with Gasteiger partial charge in [-0.1, -0.05) is 0 Å². The van der Waals surface area contributed by atoms with Crippen LogP contribution in [0, 0.1) is 17.2 Å². The standard InChI is InChI=1S/C15H20N2O2/c1-3-18-13-6-8-14(9-7-13)19-11-15(10-16,17-2)12-4-5-12/h6-9,12,17H,3-5,11H2,1-2H3. The summed E-state index contributed by atoms with van der Waals surface area (Å²) in [5, 5.41) is 12.5. The van der Waals surface area contributed by atoms with E-state index in [1.807, 2.05) is 38.2 Å². The van der Waals surface area contributed by atoms with Crippen LogP contribution in [0.15, 0.2) is 24.3 Å². The number of rotatable bonds is 7. The van der Waals surface area contributed by atoms with Crippen LogP contribution < -0.4 is 14.8 Å². The summed E-state index contributed by atoms with van der Waals surface area (Å²) in [6.45, 7) is 2.98. The van der Waals surface area contributed by atoms with Gasteiger partial charge in [0.15, 0.2) is 0 Å². The van der Waals surface area contributed by atoms with E-state index in [1.54, 1.807) is 0 Å². The Morgan fingerprint density at radius 3 is 2.26 bits per heavy atom. The summed E-state index contributed by atoms with van der Waals surface area (Å²) in [4.78, 5) is 0. The van der Waals surface area contributed by atoms with Crippen LogP contribution in [0.3, 0.4) is 0 Å². The lowest BCUT2D eigenvalue weighted by Crippen LogP contribution is -2.49. The summed E-state index contributed by atoms with van der Waals surface area (Å²) in [6.07, 6.45) is 2.20. The molecule has 0 saturated heterocycles. The van der Waals surface area contributed by atoms with Crippen molar-refractivity contribution in [2.24, 2.45) is 5.92 Å². The maximum Gasteiger partial charge on any atom is 0.143 e. The molecular formula is C15H20N2O2. The van der Waals surface area contributed by atoms with Gasteiger partial charge < -0.3 is 9.47 Å². The molecule has 1 saturated carbocycles. The van der Waals surface area contributed by atoms with Crippen LogP contribution in [0.25, 0.3) is 0 Å². The van der Waals surface area contributed by atoms with Crippen LogP contribution in [0.1, 0.15) is 19.8 Å². The molecule has 19 heavy (non-hydrogen) atoms. The number of likely N-dealkylation sites (N-methyl/N-ethyl adjacent to an activating group) is 1. The van der Waals surface area contributed by atoms with Gasteiger partial charge in [0.25, 0.3) is 0 Å². The Bertz CT molecular complexity index is 448. The van der Waals surface area contributed by atoms with E-state index in [-0.39, 0.29) is 0 Å². The average Bonchev–Trinajstić information content (AvgIpc) is 3.28. The van der Waals surface area contributed by atoms with Gasteiger partial charge in [-0.05, 0) is 57.0 Å². The predicted octanol–water partition coefficient (Wildman–Crippen LogP) is 2.36. The molecule has 1 fully saturated rings. The Kier molecular flexibility index (Phi) is 4.28. The quantitative estimate of drug-likeness (QED) is 0.817. The molecule has 102 valence electrons. The number of ether oxygens (including phenoxy) is 2. The van der Waals surface area contributed by atoms with Crippen molar-refractivity contribution in [3.63, 3.8) is 0 Å². The fraction of sp³-hybridized carbons (Fsp3) is 0.533. The summed E-state index contributed by atoms with van der Waals surface area (Å²) >= 11 is 0. The maximum absolute atomic E-state index is 9.37. The second kappa shape index (κ2) is 5.94. The van der Waals surface area contributed by atoms with Gasteiger partial charge in [0.2, 0.25) is 0 Å². The summed E-state index contributed by atoms with van der Waals surface area (Å²) in [5.74, 6) is 2.00. The molecule has 1 N–H and O–H groups in total. The minimum Gasteiger partial charge on any atom is -0.494 e. The zero-order chi connectivity index (χ0) is 13.7. The van der Waals surface area contributed by atoms with Crippen molar-refractivity contribution >= 4 is 0 Å². The van der Waals surface area contributed by atoms with Gasteiger partial charge in [-0.3, -0.25) is 5.32 Å². The topological polar surface area (TPSA) is 54.3 Å². The molecule has 2 rings (SSSR count). The number of nitriles is 1. The molecule has 1 aromatic carbocycles. The molecule has 0 bridgehead atoms. The van der Waals surface area contributed by atoms with E-state index in [2.05, 4.69) is 11.4 Å². The van der Waals surface area contributed by atoms with E-state index in [9.17, 15) is 5.26 Å². The Morgan fingerprint density at radius 2 is 1.84 bits per heavy atom. The number of hydrogen-bond donors (Lipinski definition) is 1. The third-order valence-electron chi connectivity index (χ3n) is 3.52. The van der Waals surface area contributed by atoms with Gasteiger partial charge in [-0.25, -0.2) is 0 Å². The summed E-state index contributed by atoms with van der Waals surface area (Å²) in [5.41, 5.74) is -0.557. The Labute approximate surface area is 114 Å². The molecule has 4 heteroatoms. The monoisotopic (exact) mass is 260 g/mol. The molecule has 0 amide bonds. The SMILES string of the molecule is CCOc1ccc(OCC(C#N)(NC)C2CC2)cc1. The Balaban J connectivity index is 1.95. The first-order valence-corrected chi connectivity index (χ1v) is 6.70. The van der Waals surface area contributed by atoms with Crippen LogP contribution in [0.4, 0.5) is 0 Å². The molecule has 0 heterocycles. The van der Waals surface area contributed by atoms with Crippen molar-refractivity contribution in [1.29, 1.82) is 5.26 Å². The smallest absolute Gasteiger partial charge is 0.143 e. The number of benzene rings is 1. The van der Waals surface area contributed by atoms with Gasteiger partial charge in [-0.2, -0.15) is 5.26 Å². The first-order valence-electron chi connectivity index (χ1n) is 6.70. The van der Waals surface area contributed by atoms with Gasteiger partial charge in [0, 0.05) is 0 Å². The van der Waals surface area contributed by atoms with E-state index in [1.165, 1.54) is 0 Å². The minimum atomic E-state index is -0.557. The molecule has 0 aromatic heterocycles. The Morgan fingerprint density at radius 1 is 1.26 bits per heavy atom. The normalized spacial score (nSPS) is 17.3. The van der Waals surface area contributed by atoms with Crippen molar-refractivity contribution in [2.75, 3.05) is 20.3 Å². The Hall–Kier alpha value is -1.73. The van der Waals surface area contributed by atoms with Crippen molar-refractivity contribution in [2.45, 2.75) is 25.3 Å². The molecule has 4 nitrogen and oxygen atoms in total. The van der Waals surface area contributed by atoms with E-state index >= 15 is 0 Å². The molecule has 1 unspecified atom stereocenters. The predicted molar refractivity (Wildman–Crippen MR) is 73.2 cm³/mol. The highest BCUT2D eigenvalue weighted by Gasteiger charge is 2.45. The van der Waals surface area contributed by atoms with Crippen molar-refractivity contribution < 1.29 is 9.47 Å². The third kappa shape index (κ3) is 3.18. The summed E-state index contributed by atoms with van der Waals surface area (Å²) < 4.78 is 11.1. The molecule has 0 aliphatic heterocycles. The highest BCUT2D eigenvalue weighted by atomic mass is 16.5. The van der Waals surface area contributed by atoms with Crippen molar-refractivity contribution in [3.05, 3.63) is 24.3 Å². The lowest BCUT2D eigenvalue weighted by atomic mass is 9.96. The van der Waals surface area contributed by atoms with Gasteiger partial charge >= 0.3 is 0 Å². The summed E-state index contributed by atoms with van der Waals surface area (Å²) in [6, 6.07) is 9.87. The van der Waals surface area contributed by atoms with Crippen molar-refractivity contribution in [3.8, 4) is 17.6 Å². The lowest BCUT2D eigenvalue weighted by Gasteiger charge is -2.25. The van der Waals surface area contributed by atoms with Crippen LogP contribution >= 0.6 is 0 Å². The van der Waals surface area contributed by atoms with E-state index < -0.39 is 5.54 Å². The van der Waals surface area contributed by atoms with Crippen LogP contribution in [0.5, 0.6) is 11.5 Å². The highest BCUT2D eigenvalue weighted by Crippen LogP contribution is 2.39. The largest absolute Gasteiger partial charge is 0.494 e. The van der Waals surface area contributed by atoms with Gasteiger partial charge in [0.1, 0.15) is 23.6 Å². The van der Waals surface area contributed by atoms with E-state index in [0.717, 1.165) is 24.3 Å². The first kappa shape index (κ1) is 13.7. The fourth-order valence-electron chi connectivity index (χ4n) is 2.15. The lowest BCUT2D eigenvalue weighted by molar-refractivity contribution is 0.210. The molecule has 1 aliphatic rings. The maximum atomic E-state index is 9.37. The zero-order valence-electron chi connectivity index (χ0n) is 11.5. The average molecular weight is 260 g/mol. The third-order valence-corrected chi connectivity index (χ3v) is 3.52. The molecule has 1 atom stereocenters. The summed E-state index contributed by atoms with van der Waals surface area (Å²) in [7, 11) is 1.82. The second-order valence-corrected chi connectivity index (χ2v) is 4.80. The molecular weight excluding hydrogens is 240 g/mol. The van der Waals surface area contributed by atoms with Gasteiger partial charge in [0.05, 0.1) is 12.7 Å². The first-order chi connectivity index (χ1) is 9.24. The molecule has 1 aliphatic carbocycles. The number of nitrogens with zero attached hydrogens (tertiary/aromatic N) is 1. The molecule has 0 radical (unpaired) electrons. The highest BCUT2D eigenvalue weighted by molar-refractivity contribution is 5.31. The van der Waals surface area contributed by atoms with Crippen LogP contribution in [-0.4, -0.2) is 25.8 Å². The molecule has 1 aromatic rings. The van der Waals surface area contributed by atoms with E-state index in [0.29, 0.717) is 19.1 Å². The number of hydrogen-bond acceptors (Lipinski definition) is 4. The minimum absolute atomic E-state index is 0.374. The second-order valence-electron chi connectivity index (χ2n) is 4.80. The van der Waals surface area contributed by atoms with E-state index in [4.69, 9.17) is 9.47 Å². The fourth-order valence-corrected chi connectivity index (χ4v) is 2.15. The van der Waals surface area contributed by atoms with Crippen LogP contribution in [-0.2, 0) is 0 Å².